The Morgan fingerprint density at radius 3 is 2.44 bits per heavy atom. The second kappa shape index (κ2) is 4.31. The average Bonchev–Trinajstić information content (AvgIpc) is 2.08. The van der Waals surface area contributed by atoms with Crippen molar-refractivity contribution in [2.24, 2.45) is 0 Å². The predicted molar refractivity (Wildman–Crippen MR) is 61.0 cm³/mol. The van der Waals surface area contributed by atoms with E-state index < -0.39 is 15.7 Å². The van der Waals surface area contributed by atoms with Crippen molar-refractivity contribution in [1.29, 1.82) is 0 Å². The lowest BCUT2D eigenvalue weighted by atomic mass is 9.88. The SMILES string of the molecule is CN(C)S(=O)(=O)NC1CCC(=O)NC1(C)C. The van der Waals surface area contributed by atoms with Crippen LogP contribution in [-0.4, -0.2) is 44.3 Å². The van der Waals surface area contributed by atoms with Crippen molar-refractivity contribution >= 4 is 16.1 Å². The first-order valence-corrected chi connectivity index (χ1v) is 6.60. The zero-order valence-corrected chi connectivity index (χ0v) is 10.9. The molecule has 1 rings (SSSR count). The van der Waals surface area contributed by atoms with Gasteiger partial charge in [0.1, 0.15) is 0 Å². The maximum absolute atomic E-state index is 11.7. The molecule has 0 bridgehead atoms. The Balaban J connectivity index is 2.79. The summed E-state index contributed by atoms with van der Waals surface area (Å²) in [5.74, 6) is -0.0368. The van der Waals surface area contributed by atoms with Gasteiger partial charge >= 0.3 is 0 Å². The summed E-state index contributed by atoms with van der Waals surface area (Å²) in [6.07, 6.45) is 0.871. The number of nitrogens with zero attached hydrogens (tertiary/aromatic N) is 1. The van der Waals surface area contributed by atoms with Gasteiger partial charge in [-0.25, -0.2) is 0 Å². The normalized spacial score (nSPS) is 25.6. The molecule has 16 heavy (non-hydrogen) atoms. The summed E-state index contributed by atoms with van der Waals surface area (Å²) in [7, 11) is -0.516. The van der Waals surface area contributed by atoms with Crippen LogP contribution in [0.4, 0.5) is 0 Å². The number of hydrogen-bond acceptors (Lipinski definition) is 3. The van der Waals surface area contributed by atoms with Gasteiger partial charge in [-0.3, -0.25) is 4.79 Å². The molecular formula is C9H19N3O3S. The number of amides is 1. The Bertz CT molecular complexity index is 375. The molecule has 1 saturated heterocycles. The van der Waals surface area contributed by atoms with E-state index in [4.69, 9.17) is 0 Å². The minimum atomic E-state index is -3.45. The first-order chi connectivity index (χ1) is 7.15. The molecule has 1 atom stereocenters. The second-order valence-corrected chi connectivity index (χ2v) is 6.68. The van der Waals surface area contributed by atoms with Crippen LogP contribution in [0, 0.1) is 0 Å². The smallest absolute Gasteiger partial charge is 0.279 e. The van der Waals surface area contributed by atoms with Gasteiger partial charge in [0.05, 0.1) is 5.54 Å². The number of nitrogens with one attached hydrogen (secondary N) is 2. The van der Waals surface area contributed by atoms with Crippen molar-refractivity contribution in [1.82, 2.24) is 14.3 Å². The molecule has 1 amide bonds. The first-order valence-electron chi connectivity index (χ1n) is 5.16. The van der Waals surface area contributed by atoms with E-state index in [1.165, 1.54) is 14.1 Å². The minimum Gasteiger partial charge on any atom is -0.350 e. The van der Waals surface area contributed by atoms with Crippen LogP contribution in [0.2, 0.25) is 0 Å². The number of carbonyl (C=O) groups excluding carboxylic acids is 1. The van der Waals surface area contributed by atoms with Crippen LogP contribution in [0.5, 0.6) is 0 Å². The molecule has 0 aromatic heterocycles. The summed E-state index contributed by atoms with van der Waals surface area (Å²) < 4.78 is 27.1. The zero-order valence-electron chi connectivity index (χ0n) is 10.1. The fourth-order valence-electron chi connectivity index (χ4n) is 1.64. The van der Waals surface area contributed by atoms with E-state index in [1.54, 1.807) is 0 Å². The van der Waals surface area contributed by atoms with Gasteiger partial charge in [0, 0.05) is 26.6 Å². The molecule has 0 spiro atoms. The van der Waals surface area contributed by atoms with Gasteiger partial charge in [-0.05, 0) is 20.3 Å². The highest BCUT2D eigenvalue weighted by atomic mass is 32.2. The van der Waals surface area contributed by atoms with E-state index in [0.29, 0.717) is 12.8 Å². The fraction of sp³-hybridized carbons (Fsp3) is 0.889. The molecule has 6 nitrogen and oxygen atoms in total. The molecule has 0 saturated carbocycles. The van der Waals surface area contributed by atoms with Gasteiger partial charge in [-0.1, -0.05) is 0 Å². The Morgan fingerprint density at radius 1 is 1.44 bits per heavy atom. The summed E-state index contributed by atoms with van der Waals surface area (Å²) in [4.78, 5) is 11.2. The van der Waals surface area contributed by atoms with Gasteiger partial charge in [0.15, 0.2) is 0 Å². The van der Waals surface area contributed by atoms with Crippen LogP contribution < -0.4 is 10.0 Å². The second-order valence-electron chi connectivity index (χ2n) is 4.77. The molecule has 1 fully saturated rings. The van der Waals surface area contributed by atoms with Crippen LogP contribution in [-0.2, 0) is 15.0 Å². The van der Waals surface area contributed by atoms with Crippen LogP contribution in [0.15, 0.2) is 0 Å². The summed E-state index contributed by atoms with van der Waals surface area (Å²) >= 11 is 0. The quantitative estimate of drug-likeness (QED) is 0.704. The molecule has 1 aliphatic rings. The van der Waals surface area contributed by atoms with Gasteiger partial charge in [-0.2, -0.15) is 17.4 Å². The maximum Gasteiger partial charge on any atom is 0.279 e. The van der Waals surface area contributed by atoms with E-state index in [2.05, 4.69) is 10.0 Å². The van der Waals surface area contributed by atoms with Gasteiger partial charge in [-0.15, -0.1) is 0 Å². The lowest BCUT2D eigenvalue weighted by molar-refractivity contribution is -0.125. The van der Waals surface area contributed by atoms with E-state index in [0.717, 1.165) is 4.31 Å². The summed E-state index contributed by atoms with van der Waals surface area (Å²) in [5, 5.41) is 2.78. The Hall–Kier alpha value is -0.660. The van der Waals surface area contributed by atoms with Crippen LogP contribution in [0.3, 0.4) is 0 Å². The van der Waals surface area contributed by atoms with E-state index in [1.807, 2.05) is 13.8 Å². The monoisotopic (exact) mass is 249 g/mol. The third kappa shape index (κ3) is 2.93. The molecule has 0 aromatic rings. The number of rotatable bonds is 3. The third-order valence-corrected chi connectivity index (χ3v) is 4.31. The molecule has 7 heteroatoms. The third-order valence-electron chi connectivity index (χ3n) is 2.76. The van der Waals surface area contributed by atoms with Crippen molar-refractivity contribution < 1.29 is 13.2 Å². The van der Waals surface area contributed by atoms with Crippen LogP contribution in [0.1, 0.15) is 26.7 Å². The molecule has 2 N–H and O–H groups in total. The minimum absolute atomic E-state index is 0.0368. The average molecular weight is 249 g/mol. The Morgan fingerprint density at radius 2 is 2.00 bits per heavy atom. The van der Waals surface area contributed by atoms with Crippen molar-refractivity contribution in [3.8, 4) is 0 Å². The first kappa shape index (κ1) is 13.4. The van der Waals surface area contributed by atoms with Crippen LogP contribution >= 0.6 is 0 Å². The van der Waals surface area contributed by atoms with Crippen LogP contribution in [0.25, 0.3) is 0 Å². The highest BCUT2D eigenvalue weighted by molar-refractivity contribution is 7.87. The molecule has 1 heterocycles. The number of piperidine rings is 1. The molecule has 0 aliphatic carbocycles. The summed E-state index contributed by atoms with van der Waals surface area (Å²) in [5.41, 5.74) is -0.557. The van der Waals surface area contributed by atoms with E-state index in [-0.39, 0.29) is 11.9 Å². The highest BCUT2D eigenvalue weighted by Gasteiger charge is 2.38. The predicted octanol–water partition coefficient (Wildman–Crippen LogP) is -0.560. The standard InChI is InChI=1S/C9H19N3O3S/c1-9(2)7(5-6-8(13)10-9)11-16(14,15)12(3)4/h7,11H,5-6H2,1-4H3,(H,10,13). The van der Waals surface area contributed by atoms with Crippen molar-refractivity contribution in [2.75, 3.05) is 14.1 Å². The van der Waals surface area contributed by atoms with E-state index >= 15 is 0 Å². The summed E-state index contributed by atoms with van der Waals surface area (Å²) in [6.45, 7) is 3.62. The maximum atomic E-state index is 11.7. The number of carbonyl (C=O) groups is 1. The number of hydrogen-bond donors (Lipinski definition) is 2. The molecule has 0 aromatic carbocycles. The highest BCUT2D eigenvalue weighted by Crippen LogP contribution is 2.20. The Labute approximate surface area is 96.6 Å². The molecule has 1 unspecified atom stereocenters. The molecule has 0 radical (unpaired) electrons. The lowest BCUT2D eigenvalue weighted by Gasteiger charge is -2.39. The largest absolute Gasteiger partial charge is 0.350 e. The summed E-state index contributed by atoms with van der Waals surface area (Å²) in [6, 6.07) is -0.280. The molecular weight excluding hydrogens is 230 g/mol. The Kier molecular flexibility index (Phi) is 3.61. The zero-order chi connectivity index (χ0) is 12.6. The molecule has 1 aliphatic heterocycles. The van der Waals surface area contributed by atoms with Crippen molar-refractivity contribution in [3.63, 3.8) is 0 Å². The van der Waals surface area contributed by atoms with Crippen molar-refractivity contribution in [3.05, 3.63) is 0 Å². The topological polar surface area (TPSA) is 78.5 Å². The van der Waals surface area contributed by atoms with Crippen molar-refractivity contribution in [2.45, 2.75) is 38.3 Å². The lowest BCUT2D eigenvalue weighted by Crippen LogP contribution is -2.62. The van der Waals surface area contributed by atoms with Gasteiger partial charge in [0.2, 0.25) is 5.91 Å². The van der Waals surface area contributed by atoms with Gasteiger partial charge < -0.3 is 5.32 Å². The van der Waals surface area contributed by atoms with Gasteiger partial charge in [0.25, 0.3) is 10.2 Å². The fourth-order valence-corrected chi connectivity index (χ4v) is 2.62. The molecule has 94 valence electrons. The van der Waals surface area contributed by atoms with E-state index in [9.17, 15) is 13.2 Å².